The van der Waals surface area contributed by atoms with Gasteiger partial charge in [0.05, 0.1) is 5.52 Å². The van der Waals surface area contributed by atoms with Crippen LogP contribution < -0.4 is 11.3 Å². The zero-order valence-corrected chi connectivity index (χ0v) is 11.1. The Hall–Kier alpha value is -2.53. The Morgan fingerprint density at radius 3 is 2.38 bits per heavy atom. The largest absolute Gasteiger partial charge is 0.308 e. The third-order valence-corrected chi connectivity index (χ3v) is 3.30. The third kappa shape index (κ3) is 2.83. The predicted molar refractivity (Wildman–Crippen MR) is 78.7 cm³/mol. The highest BCUT2D eigenvalue weighted by molar-refractivity contribution is 5.81. The van der Waals surface area contributed by atoms with Crippen molar-refractivity contribution in [3.63, 3.8) is 0 Å². The molecule has 3 aromatic rings. The lowest BCUT2D eigenvalue weighted by molar-refractivity contribution is 0.627. The Labute approximate surface area is 120 Å². The molecule has 0 aliphatic carbocycles. The molecule has 0 saturated carbocycles. The van der Waals surface area contributed by atoms with Crippen LogP contribution in [-0.4, -0.2) is 4.98 Å². The zero-order chi connectivity index (χ0) is 14.8. The molecular formula is C16H13F2N3. The van der Waals surface area contributed by atoms with E-state index in [0.717, 1.165) is 11.1 Å². The molecular weight excluding hydrogens is 272 g/mol. The minimum absolute atomic E-state index is 0.283. The average molecular weight is 285 g/mol. The van der Waals surface area contributed by atoms with Crippen LogP contribution >= 0.6 is 0 Å². The lowest BCUT2D eigenvalue weighted by Crippen LogP contribution is -2.11. The number of nitrogen functional groups attached to an aromatic ring is 1. The van der Waals surface area contributed by atoms with Crippen LogP contribution in [0, 0.1) is 11.6 Å². The topological polar surface area (TPSA) is 50.9 Å². The van der Waals surface area contributed by atoms with Crippen molar-refractivity contribution in [2.45, 2.75) is 6.42 Å². The molecule has 0 fully saturated rings. The van der Waals surface area contributed by atoms with Crippen molar-refractivity contribution < 1.29 is 8.78 Å². The first-order valence-corrected chi connectivity index (χ1v) is 6.46. The van der Waals surface area contributed by atoms with Gasteiger partial charge in [0.25, 0.3) is 0 Å². The number of hydrazine groups is 1. The van der Waals surface area contributed by atoms with E-state index in [1.54, 1.807) is 18.2 Å². The number of nitrogens with one attached hydrogen (secondary N) is 1. The van der Waals surface area contributed by atoms with E-state index in [1.165, 1.54) is 24.3 Å². The summed E-state index contributed by atoms with van der Waals surface area (Å²) >= 11 is 0. The summed E-state index contributed by atoms with van der Waals surface area (Å²) in [5.41, 5.74) is 4.96. The van der Waals surface area contributed by atoms with Crippen molar-refractivity contribution in [1.82, 2.24) is 4.98 Å². The number of halogens is 2. The molecule has 21 heavy (non-hydrogen) atoms. The van der Waals surface area contributed by atoms with Gasteiger partial charge in [-0.15, -0.1) is 0 Å². The number of anilines is 1. The van der Waals surface area contributed by atoms with Crippen molar-refractivity contribution in [3.8, 4) is 0 Å². The number of pyridine rings is 1. The summed E-state index contributed by atoms with van der Waals surface area (Å²) in [6.07, 6.45) is 0.527. The zero-order valence-electron chi connectivity index (χ0n) is 11.1. The van der Waals surface area contributed by atoms with Crippen LogP contribution in [0.3, 0.4) is 0 Å². The average Bonchev–Trinajstić information content (AvgIpc) is 2.49. The van der Waals surface area contributed by atoms with Gasteiger partial charge in [-0.05, 0) is 42.0 Å². The summed E-state index contributed by atoms with van der Waals surface area (Å²) in [5.74, 6) is 5.43. The second kappa shape index (κ2) is 5.46. The van der Waals surface area contributed by atoms with E-state index in [1.807, 2.05) is 6.07 Å². The Morgan fingerprint density at radius 1 is 0.952 bits per heavy atom. The van der Waals surface area contributed by atoms with E-state index in [4.69, 9.17) is 5.84 Å². The molecule has 0 aliphatic heterocycles. The highest BCUT2D eigenvalue weighted by atomic mass is 19.1. The standard InChI is InChI=1S/C16H13F2N3/c17-13-3-1-10(2-4-13)7-12-8-11-9-14(18)5-6-15(11)20-16(12)21-19/h1-6,8-9H,7,19H2,(H,20,21). The molecule has 5 heteroatoms. The van der Waals surface area contributed by atoms with Gasteiger partial charge in [-0.25, -0.2) is 19.6 Å². The number of aromatic nitrogens is 1. The fourth-order valence-electron chi connectivity index (χ4n) is 2.27. The minimum Gasteiger partial charge on any atom is -0.308 e. The van der Waals surface area contributed by atoms with E-state index >= 15 is 0 Å². The predicted octanol–water partition coefficient (Wildman–Crippen LogP) is 3.39. The number of hydrogen-bond acceptors (Lipinski definition) is 3. The van der Waals surface area contributed by atoms with Gasteiger partial charge >= 0.3 is 0 Å². The van der Waals surface area contributed by atoms with Gasteiger partial charge in [-0.2, -0.15) is 0 Å². The molecule has 0 atom stereocenters. The third-order valence-electron chi connectivity index (χ3n) is 3.30. The van der Waals surface area contributed by atoms with E-state index in [0.29, 0.717) is 23.1 Å². The highest BCUT2D eigenvalue weighted by Gasteiger charge is 2.08. The fraction of sp³-hybridized carbons (Fsp3) is 0.0625. The maximum atomic E-state index is 13.3. The van der Waals surface area contributed by atoms with Crippen molar-refractivity contribution in [3.05, 3.63) is 71.3 Å². The summed E-state index contributed by atoms with van der Waals surface area (Å²) in [6, 6.07) is 12.4. The molecule has 0 aliphatic rings. The number of fused-ring (bicyclic) bond motifs is 1. The summed E-state index contributed by atoms with van der Waals surface area (Å²) in [6.45, 7) is 0. The highest BCUT2D eigenvalue weighted by Crippen LogP contribution is 2.23. The molecule has 0 spiro atoms. The normalized spacial score (nSPS) is 10.8. The van der Waals surface area contributed by atoms with Gasteiger partial charge in [0.1, 0.15) is 17.5 Å². The number of rotatable bonds is 3. The Balaban J connectivity index is 2.05. The first-order valence-electron chi connectivity index (χ1n) is 6.46. The van der Waals surface area contributed by atoms with Gasteiger partial charge in [-0.1, -0.05) is 12.1 Å². The van der Waals surface area contributed by atoms with Crippen molar-refractivity contribution in [2.24, 2.45) is 5.84 Å². The minimum atomic E-state index is -0.314. The number of benzene rings is 2. The SMILES string of the molecule is NNc1nc2ccc(F)cc2cc1Cc1ccc(F)cc1. The lowest BCUT2D eigenvalue weighted by Gasteiger charge is -2.10. The first-order chi connectivity index (χ1) is 10.2. The summed E-state index contributed by atoms with van der Waals surface area (Å²) in [7, 11) is 0. The molecule has 1 aromatic heterocycles. The molecule has 3 nitrogen and oxygen atoms in total. The molecule has 0 saturated heterocycles. The first kappa shape index (κ1) is 13.5. The quantitative estimate of drug-likeness (QED) is 0.573. The maximum Gasteiger partial charge on any atom is 0.144 e. The second-order valence-corrected chi connectivity index (χ2v) is 4.78. The molecule has 0 amide bonds. The Bertz CT molecular complexity index is 785. The van der Waals surface area contributed by atoms with Crippen molar-refractivity contribution in [1.29, 1.82) is 0 Å². The van der Waals surface area contributed by atoms with Gasteiger partial charge in [0, 0.05) is 17.4 Å². The van der Waals surface area contributed by atoms with Crippen molar-refractivity contribution >= 4 is 16.7 Å². The van der Waals surface area contributed by atoms with E-state index in [-0.39, 0.29) is 11.6 Å². The van der Waals surface area contributed by atoms with E-state index in [9.17, 15) is 8.78 Å². The fourth-order valence-corrected chi connectivity index (χ4v) is 2.27. The van der Waals surface area contributed by atoms with Crippen molar-refractivity contribution in [2.75, 3.05) is 5.43 Å². The molecule has 3 N–H and O–H groups in total. The molecule has 106 valence electrons. The van der Waals surface area contributed by atoms with Gasteiger partial charge in [0.15, 0.2) is 0 Å². The Kier molecular flexibility index (Phi) is 3.50. The van der Waals surface area contributed by atoms with Crippen LogP contribution in [0.1, 0.15) is 11.1 Å². The molecule has 2 aromatic carbocycles. The van der Waals surface area contributed by atoms with Crippen LogP contribution in [0.5, 0.6) is 0 Å². The van der Waals surface area contributed by atoms with Crippen LogP contribution in [0.25, 0.3) is 10.9 Å². The van der Waals surface area contributed by atoms with Gasteiger partial charge in [0.2, 0.25) is 0 Å². The molecule has 1 heterocycles. The maximum absolute atomic E-state index is 13.3. The monoisotopic (exact) mass is 285 g/mol. The summed E-state index contributed by atoms with van der Waals surface area (Å²) in [5, 5.41) is 0.700. The smallest absolute Gasteiger partial charge is 0.144 e. The number of nitrogens with zero attached hydrogens (tertiary/aromatic N) is 1. The number of hydrogen-bond donors (Lipinski definition) is 2. The van der Waals surface area contributed by atoms with E-state index in [2.05, 4.69) is 10.4 Å². The van der Waals surface area contributed by atoms with Crippen LogP contribution in [-0.2, 0) is 6.42 Å². The van der Waals surface area contributed by atoms with Crippen LogP contribution in [0.4, 0.5) is 14.6 Å². The Morgan fingerprint density at radius 2 is 1.67 bits per heavy atom. The second-order valence-electron chi connectivity index (χ2n) is 4.78. The summed E-state index contributed by atoms with van der Waals surface area (Å²) in [4.78, 5) is 4.37. The number of nitrogens with two attached hydrogens (primary N) is 1. The molecule has 3 rings (SSSR count). The van der Waals surface area contributed by atoms with Gasteiger partial charge in [-0.3, -0.25) is 0 Å². The van der Waals surface area contributed by atoms with Crippen LogP contribution in [0.15, 0.2) is 48.5 Å². The molecule has 0 radical (unpaired) electrons. The summed E-state index contributed by atoms with van der Waals surface area (Å²) < 4.78 is 26.2. The molecule has 0 unspecified atom stereocenters. The van der Waals surface area contributed by atoms with E-state index < -0.39 is 0 Å². The molecule has 0 bridgehead atoms. The van der Waals surface area contributed by atoms with Crippen LogP contribution in [0.2, 0.25) is 0 Å². The van der Waals surface area contributed by atoms with Gasteiger partial charge < -0.3 is 5.43 Å². The lowest BCUT2D eigenvalue weighted by atomic mass is 10.0.